The van der Waals surface area contributed by atoms with Crippen LogP contribution in [0.1, 0.15) is 0 Å². The number of hydrogen-bond donors (Lipinski definition) is 1. The summed E-state index contributed by atoms with van der Waals surface area (Å²) in [7, 11) is -3.63. The van der Waals surface area contributed by atoms with Gasteiger partial charge in [-0.2, -0.15) is 4.98 Å². The monoisotopic (exact) mass is 306 g/mol. The molecule has 0 unspecified atom stereocenters. The van der Waals surface area contributed by atoms with Gasteiger partial charge in [0, 0.05) is 5.56 Å². The number of nitrogens with zero attached hydrogens (tertiary/aromatic N) is 1. The molecule has 0 radical (unpaired) electrons. The van der Waals surface area contributed by atoms with Gasteiger partial charge in [0.1, 0.15) is 16.2 Å². The molecule has 0 saturated carbocycles. The van der Waals surface area contributed by atoms with Crippen molar-refractivity contribution in [3.8, 4) is 11.3 Å². The molecule has 2 heterocycles. The number of benzene rings is 1. The summed E-state index contributed by atoms with van der Waals surface area (Å²) in [6.45, 7) is 0. The Morgan fingerprint density at radius 3 is 2.60 bits per heavy atom. The summed E-state index contributed by atoms with van der Waals surface area (Å²) >= 11 is 1.13. The Hall–Kier alpha value is -2.12. The fourth-order valence-corrected chi connectivity index (χ4v) is 3.57. The molecule has 1 aromatic carbocycles. The predicted octanol–water partition coefficient (Wildman–Crippen LogP) is 3.20. The highest BCUT2D eigenvalue weighted by Gasteiger charge is 2.18. The lowest BCUT2D eigenvalue weighted by Crippen LogP contribution is -2.11. The van der Waals surface area contributed by atoms with Crippen LogP contribution < -0.4 is 4.72 Å². The van der Waals surface area contributed by atoms with Gasteiger partial charge in [0.05, 0.1) is 0 Å². The van der Waals surface area contributed by atoms with Crippen molar-refractivity contribution < 1.29 is 12.8 Å². The van der Waals surface area contributed by atoms with E-state index in [0.717, 1.165) is 16.9 Å². The van der Waals surface area contributed by atoms with E-state index in [2.05, 4.69) is 9.71 Å². The van der Waals surface area contributed by atoms with E-state index in [1.165, 1.54) is 12.3 Å². The van der Waals surface area contributed by atoms with Crippen molar-refractivity contribution in [2.75, 3.05) is 4.72 Å². The van der Waals surface area contributed by atoms with E-state index in [9.17, 15) is 8.42 Å². The van der Waals surface area contributed by atoms with Crippen LogP contribution in [0.15, 0.2) is 62.7 Å². The lowest BCUT2D eigenvalue weighted by atomic mass is 10.2. The number of hydrogen-bond acceptors (Lipinski definition) is 5. The number of sulfonamides is 1. The molecule has 2 aromatic heterocycles. The molecule has 102 valence electrons. The van der Waals surface area contributed by atoms with Crippen molar-refractivity contribution in [1.29, 1.82) is 0 Å². The van der Waals surface area contributed by atoms with Crippen LogP contribution in [0, 0.1) is 0 Å². The molecule has 3 rings (SSSR count). The molecule has 0 aliphatic carbocycles. The average molecular weight is 306 g/mol. The van der Waals surface area contributed by atoms with Gasteiger partial charge in [0.15, 0.2) is 0 Å². The second-order valence-corrected chi connectivity index (χ2v) is 6.80. The summed E-state index contributed by atoms with van der Waals surface area (Å²) in [6.07, 6.45) is 1.42. The third kappa shape index (κ3) is 2.59. The standard InChI is InChI=1S/C13H10N2O3S2/c16-20(17,12-7-4-8-19-12)15-13-14-11(9-18-13)10-5-2-1-3-6-10/h1-9H,(H,14,15). The Morgan fingerprint density at radius 2 is 1.90 bits per heavy atom. The Bertz CT molecular complexity index is 793. The first kappa shape index (κ1) is 12.9. The Labute approximate surface area is 120 Å². The molecule has 0 aliphatic rings. The Morgan fingerprint density at radius 1 is 1.10 bits per heavy atom. The molecule has 20 heavy (non-hydrogen) atoms. The second-order valence-electron chi connectivity index (χ2n) is 3.94. The topological polar surface area (TPSA) is 72.2 Å². The van der Waals surface area contributed by atoms with E-state index in [1.54, 1.807) is 11.4 Å². The zero-order valence-corrected chi connectivity index (χ0v) is 11.8. The number of rotatable bonds is 4. The highest BCUT2D eigenvalue weighted by molar-refractivity contribution is 7.94. The normalized spacial score (nSPS) is 11.4. The smallest absolute Gasteiger partial charge is 0.309 e. The zero-order chi connectivity index (χ0) is 14.0. The summed E-state index contributed by atoms with van der Waals surface area (Å²) < 4.78 is 31.7. The molecule has 0 bridgehead atoms. The molecule has 0 fully saturated rings. The molecule has 0 atom stereocenters. The Balaban J connectivity index is 1.85. The largest absolute Gasteiger partial charge is 0.431 e. The van der Waals surface area contributed by atoms with E-state index in [-0.39, 0.29) is 10.2 Å². The fourth-order valence-electron chi connectivity index (χ4n) is 1.64. The molecule has 7 heteroatoms. The number of anilines is 1. The first-order valence-corrected chi connectivity index (χ1v) is 8.09. The van der Waals surface area contributed by atoms with Crippen molar-refractivity contribution in [2.24, 2.45) is 0 Å². The number of aromatic nitrogens is 1. The van der Waals surface area contributed by atoms with E-state index in [0.29, 0.717) is 5.69 Å². The van der Waals surface area contributed by atoms with Crippen LogP contribution >= 0.6 is 11.3 Å². The fraction of sp³-hybridized carbons (Fsp3) is 0. The third-order valence-electron chi connectivity index (χ3n) is 2.56. The maximum atomic E-state index is 12.0. The first-order valence-electron chi connectivity index (χ1n) is 5.72. The van der Waals surface area contributed by atoms with Crippen molar-refractivity contribution in [2.45, 2.75) is 4.21 Å². The van der Waals surface area contributed by atoms with Crippen LogP contribution in [0.2, 0.25) is 0 Å². The van der Waals surface area contributed by atoms with Gasteiger partial charge < -0.3 is 4.42 Å². The molecular formula is C13H10N2O3S2. The molecule has 5 nitrogen and oxygen atoms in total. The lowest BCUT2D eigenvalue weighted by Gasteiger charge is -2.00. The summed E-state index contributed by atoms with van der Waals surface area (Å²) in [5, 5.41) is 1.69. The molecule has 0 amide bonds. The van der Waals surface area contributed by atoms with Gasteiger partial charge in [-0.25, -0.2) is 13.1 Å². The maximum Gasteiger partial charge on any atom is 0.309 e. The van der Waals surface area contributed by atoms with Gasteiger partial charge in [-0.05, 0) is 11.4 Å². The highest BCUT2D eigenvalue weighted by Crippen LogP contribution is 2.23. The van der Waals surface area contributed by atoms with Crippen LogP contribution in [-0.2, 0) is 10.0 Å². The van der Waals surface area contributed by atoms with Gasteiger partial charge in [0.25, 0.3) is 10.0 Å². The molecule has 0 saturated heterocycles. The quantitative estimate of drug-likeness (QED) is 0.803. The summed E-state index contributed by atoms with van der Waals surface area (Å²) in [5.74, 6) is 0. The number of nitrogens with one attached hydrogen (secondary N) is 1. The van der Waals surface area contributed by atoms with Crippen LogP contribution in [-0.4, -0.2) is 13.4 Å². The van der Waals surface area contributed by atoms with Gasteiger partial charge in [-0.15, -0.1) is 11.3 Å². The van der Waals surface area contributed by atoms with Crippen LogP contribution in [0.5, 0.6) is 0 Å². The molecule has 1 N–H and O–H groups in total. The molecular weight excluding hydrogens is 296 g/mol. The van der Waals surface area contributed by atoms with Gasteiger partial charge in [-0.3, -0.25) is 0 Å². The third-order valence-corrected chi connectivity index (χ3v) is 5.27. The van der Waals surface area contributed by atoms with Crippen molar-refractivity contribution in [3.63, 3.8) is 0 Å². The van der Waals surface area contributed by atoms with Crippen molar-refractivity contribution in [1.82, 2.24) is 4.98 Å². The van der Waals surface area contributed by atoms with Gasteiger partial charge in [0.2, 0.25) is 0 Å². The zero-order valence-electron chi connectivity index (χ0n) is 10.2. The minimum atomic E-state index is -3.63. The lowest BCUT2D eigenvalue weighted by molar-refractivity contribution is 0.571. The highest BCUT2D eigenvalue weighted by atomic mass is 32.2. The van der Waals surface area contributed by atoms with E-state index in [4.69, 9.17) is 4.42 Å². The predicted molar refractivity (Wildman–Crippen MR) is 77.1 cm³/mol. The Kier molecular flexibility index (Phi) is 3.29. The summed E-state index contributed by atoms with van der Waals surface area (Å²) in [6, 6.07) is 12.5. The molecule has 3 aromatic rings. The van der Waals surface area contributed by atoms with E-state index < -0.39 is 10.0 Å². The van der Waals surface area contributed by atoms with Gasteiger partial charge in [-0.1, -0.05) is 36.4 Å². The summed E-state index contributed by atoms with van der Waals surface area (Å²) in [4.78, 5) is 4.12. The van der Waals surface area contributed by atoms with Crippen LogP contribution in [0.4, 0.5) is 6.01 Å². The minimum Gasteiger partial charge on any atom is -0.431 e. The SMILES string of the molecule is O=S(=O)(Nc1nc(-c2ccccc2)co1)c1cccs1. The van der Waals surface area contributed by atoms with Crippen molar-refractivity contribution >= 4 is 27.4 Å². The van der Waals surface area contributed by atoms with E-state index >= 15 is 0 Å². The molecule has 0 spiro atoms. The van der Waals surface area contributed by atoms with Crippen LogP contribution in [0.25, 0.3) is 11.3 Å². The minimum absolute atomic E-state index is 0.0442. The van der Waals surface area contributed by atoms with E-state index in [1.807, 2.05) is 30.3 Å². The van der Waals surface area contributed by atoms with Gasteiger partial charge >= 0.3 is 6.01 Å². The molecule has 0 aliphatic heterocycles. The van der Waals surface area contributed by atoms with Crippen LogP contribution in [0.3, 0.4) is 0 Å². The maximum absolute atomic E-state index is 12.0. The number of oxazole rings is 1. The van der Waals surface area contributed by atoms with Crippen molar-refractivity contribution in [3.05, 3.63) is 54.1 Å². The number of thiophene rings is 1. The second kappa shape index (κ2) is 5.10. The summed E-state index contributed by atoms with van der Waals surface area (Å²) in [5.41, 5.74) is 1.44. The average Bonchev–Trinajstić information content (AvgIpc) is 3.10. The first-order chi connectivity index (χ1) is 9.65.